The molecule has 0 aliphatic rings. The van der Waals surface area contributed by atoms with E-state index in [1.54, 1.807) is 0 Å². The first-order chi connectivity index (χ1) is 0. The van der Waals surface area contributed by atoms with Gasteiger partial charge in [-0.3, -0.25) is 0 Å². The Morgan fingerprint density at radius 1 is 1.11 bits per heavy atom. The Hall–Kier alpha value is 7.38. The van der Waals surface area contributed by atoms with Gasteiger partial charge in [0.25, 0.3) is 0 Å². The van der Waals surface area contributed by atoms with Gasteiger partial charge in [-0.25, -0.2) is 0 Å². The van der Waals surface area contributed by atoms with Crippen LogP contribution in [0.4, 0.5) is 0 Å². The summed E-state index contributed by atoms with van der Waals surface area (Å²) in [7, 11) is 0. The summed E-state index contributed by atoms with van der Waals surface area (Å²) in [6.07, 6.45) is 0. The summed E-state index contributed by atoms with van der Waals surface area (Å²) >= 11 is 0. The summed E-state index contributed by atoms with van der Waals surface area (Å²) in [4.78, 5) is 0. The van der Waals surface area contributed by atoms with Crippen LogP contribution >= 0.6 is 0 Å². The molecule has 0 rings (SSSR count). The smallest absolute Gasteiger partial charge is 1.00 e. The average Bonchev–Trinajstić information content (AvgIpc) is 0. The third kappa shape index (κ3) is 50.6. The first-order valence-corrected chi connectivity index (χ1v) is 0. The van der Waals surface area contributed by atoms with Crippen LogP contribution < -0.4 is 80.9 Å². The van der Waals surface area contributed by atoms with E-state index in [4.69, 9.17) is 0 Å². The van der Waals surface area contributed by atoms with Gasteiger partial charge >= 0.3 is 142 Å². The van der Waals surface area contributed by atoms with E-state index < -0.39 is 0 Å². The van der Waals surface area contributed by atoms with Crippen LogP contribution in [0.2, 0.25) is 0 Å². The van der Waals surface area contributed by atoms with E-state index in [2.05, 4.69) is 0 Å². The maximum Gasteiger partial charge on any atom is 2.00 e. The molecule has 0 unspecified atom stereocenters. The predicted molar refractivity (Wildman–Crippen MR) is 28.1 cm³/mol. The number of rotatable bonds is 0. The Labute approximate surface area is 232 Å². The monoisotopic (exact) mass is 400 g/mol. The van der Waals surface area contributed by atoms with Crippen molar-refractivity contribution >= 4 is 78.2 Å². The van der Waals surface area contributed by atoms with Crippen LogP contribution in [0.25, 0.3) is 0 Å². The van der Waals surface area contributed by atoms with Crippen molar-refractivity contribution in [2.24, 2.45) is 0 Å². The van der Waals surface area contributed by atoms with Crippen molar-refractivity contribution in [1.82, 2.24) is 0 Å². The fourth-order valence-electron chi connectivity index (χ4n) is 0. The van der Waals surface area contributed by atoms with Crippen LogP contribution in [-0.4, -0.2) is 78.2 Å². The Bertz CT molecular complexity index is 43.1. The standard InChI is InChI=1S/Al.Ca.Cu.Fe.K.Mg.Mn.Na.Zn.9H/q;+2;;;+1;+2;;+1;;;;;6*-1. The van der Waals surface area contributed by atoms with E-state index in [0.29, 0.717) is 0 Å². The number of hydrogen-bond donors (Lipinski definition) is 0. The fourth-order valence-corrected chi connectivity index (χ4v) is 0. The number of hydrogen-bond acceptors (Lipinski definition) is 0. The van der Waals surface area contributed by atoms with Crippen LogP contribution in [0, 0.1) is 0 Å². The Morgan fingerprint density at radius 3 is 1.11 bits per heavy atom. The van der Waals surface area contributed by atoms with Crippen LogP contribution in [-0.2, 0) is 70.7 Å². The SMILES string of the molecule is [AlH3].[Ca+2].[Cu].[Fe].[H-].[H-].[H-].[H-].[H-].[H-].[K+].[Mg+2].[Mn].[Na+].[Zn]. The molecule has 9 heavy (non-hydrogen) atoms. The van der Waals surface area contributed by atoms with Crippen molar-refractivity contribution in [3.05, 3.63) is 0 Å². The summed E-state index contributed by atoms with van der Waals surface area (Å²) in [6, 6.07) is 0. The second-order valence-electron chi connectivity index (χ2n) is 0. The molecule has 0 saturated heterocycles. The topological polar surface area (TPSA) is 0 Å². The molecule has 0 aliphatic heterocycles. The molecule has 0 N–H and O–H groups in total. The van der Waals surface area contributed by atoms with E-state index in [9.17, 15) is 0 Å². The molecule has 0 nitrogen and oxygen atoms in total. The van der Waals surface area contributed by atoms with Crippen molar-refractivity contribution in [2.75, 3.05) is 0 Å². The first-order valence-electron chi connectivity index (χ1n) is 0. The molecule has 0 aromatic heterocycles. The zero-order chi connectivity index (χ0) is 0. The molecule has 0 atom stereocenters. The van der Waals surface area contributed by atoms with Gasteiger partial charge in [-0.1, -0.05) is 0 Å². The predicted octanol–water partition coefficient (Wildman–Crippen LogP) is -7.27. The summed E-state index contributed by atoms with van der Waals surface area (Å²) in [5.74, 6) is 0. The molecule has 0 aliphatic carbocycles. The molecule has 9 heteroatoms. The second kappa shape index (κ2) is 58.4. The molecular formula is H9AlCaCuFeKMgMnNaZn. The van der Waals surface area contributed by atoms with E-state index in [-0.39, 0.29) is 238 Å². The molecule has 0 heterocycles. The molecule has 0 bridgehead atoms. The van der Waals surface area contributed by atoms with Gasteiger partial charge in [-0.15, -0.1) is 0 Å². The van der Waals surface area contributed by atoms with Gasteiger partial charge in [0, 0.05) is 70.7 Å². The normalized spacial score (nSPS) is 0. The van der Waals surface area contributed by atoms with Gasteiger partial charge in [0.15, 0.2) is 17.4 Å². The third-order valence-corrected chi connectivity index (χ3v) is 0. The van der Waals surface area contributed by atoms with Crippen molar-refractivity contribution < 1.29 is 160 Å². The van der Waals surface area contributed by atoms with Gasteiger partial charge in [-0.05, 0) is 0 Å². The van der Waals surface area contributed by atoms with Gasteiger partial charge < -0.3 is 8.56 Å². The minimum Gasteiger partial charge on any atom is -1.00 e. The van der Waals surface area contributed by atoms with Crippen molar-refractivity contribution in [2.45, 2.75) is 0 Å². The molecular weight excluding hydrogens is 393 g/mol. The van der Waals surface area contributed by atoms with E-state index >= 15 is 0 Å². The largest absolute Gasteiger partial charge is 2.00 e. The van der Waals surface area contributed by atoms with Gasteiger partial charge in [0.1, 0.15) is 0 Å². The molecule has 2 radical (unpaired) electrons. The summed E-state index contributed by atoms with van der Waals surface area (Å²) < 4.78 is 0. The minimum atomic E-state index is 0. The summed E-state index contributed by atoms with van der Waals surface area (Å²) in [5, 5.41) is 0. The Balaban J connectivity index is 0. The average molecular weight is 402 g/mol. The van der Waals surface area contributed by atoms with Crippen molar-refractivity contribution in [3.63, 3.8) is 0 Å². The van der Waals surface area contributed by atoms with Crippen LogP contribution in [0.1, 0.15) is 8.56 Å². The Morgan fingerprint density at radius 2 is 1.11 bits per heavy atom. The molecule has 0 aromatic carbocycles. The second-order valence-corrected chi connectivity index (χ2v) is 0. The summed E-state index contributed by atoms with van der Waals surface area (Å²) in [5.41, 5.74) is 0. The zero-order valence-corrected chi connectivity index (χ0v) is 20.1. The van der Waals surface area contributed by atoms with Gasteiger partial charge in [0.2, 0.25) is 0 Å². The maximum atomic E-state index is 0. The van der Waals surface area contributed by atoms with E-state index in [0.717, 1.165) is 0 Å². The molecule has 0 aromatic rings. The molecule has 0 saturated carbocycles. The van der Waals surface area contributed by atoms with Crippen LogP contribution in [0.15, 0.2) is 0 Å². The third-order valence-electron chi connectivity index (χ3n) is 0. The van der Waals surface area contributed by atoms with Gasteiger partial charge in [-0.2, -0.15) is 0 Å². The summed E-state index contributed by atoms with van der Waals surface area (Å²) in [6.45, 7) is 0. The first kappa shape index (κ1) is 71.2. The quantitative estimate of drug-likeness (QED) is 0.354. The van der Waals surface area contributed by atoms with Crippen molar-refractivity contribution in [3.8, 4) is 0 Å². The zero-order valence-electron chi connectivity index (χ0n) is 11.2. The Kier molecular flexibility index (Phi) is 462. The molecule has 46 valence electrons. The van der Waals surface area contributed by atoms with E-state index in [1.165, 1.54) is 0 Å². The van der Waals surface area contributed by atoms with Crippen LogP contribution in [0.5, 0.6) is 0 Å². The molecule has 0 fully saturated rings. The fraction of sp³-hybridized carbons (Fsp3) is 0. The van der Waals surface area contributed by atoms with Gasteiger partial charge in [0.05, 0.1) is 0 Å². The van der Waals surface area contributed by atoms with Crippen molar-refractivity contribution in [1.29, 1.82) is 0 Å². The molecule has 0 amide bonds. The minimum absolute atomic E-state index is 0. The molecule has 0 spiro atoms. The van der Waals surface area contributed by atoms with E-state index in [1.807, 2.05) is 0 Å². The van der Waals surface area contributed by atoms with Crippen LogP contribution in [0.3, 0.4) is 0 Å². The maximum absolute atomic E-state index is 0.